The third-order valence-corrected chi connectivity index (χ3v) is 7.08. The van der Waals surface area contributed by atoms with Crippen molar-refractivity contribution < 1.29 is 18.7 Å². The summed E-state index contributed by atoms with van der Waals surface area (Å²) < 4.78 is 27.4. The molecule has 1 fully saturated rings. The van der Waals surface area contributed by atoms with Crippen LogP contribution in [-0.4, -0.2) is 29.7 Å². The predicted molar refractivity (Wildman–Crippen MR) is 136 cm³/mol. The number of rotatable bonds is 11. The highest BCUT2D eigenvalue weighted by atomic mass is 19.1. The molecule has 2 aromatic carbocycles. The van der Waals surface area contributed by atoms with Crippen LogP contribution >= 0.6 is 0 Å². The summed E-state index contributed by atoms with van der Waals surface area (Å²) in [5, 5.41) is 17.5. The molecule has 1 saturated carbocycles. The SMILES string of the molecule is CC(=O)NC(Cc1cc(F)cc(F)c1)C(O)CNC1(c2cccc(CCC(C)C)c2)CCCCC1. The first-order valence-corrected chi connectivity index (χ1v) is 12.9. The lowest BCUT2D eigenvalue weighted by Gasteiger charge is -2.40. The minimum absolute atomic E-state index is 0.134. The van der Waals surface area contributed by atoms with Gasteiger partial charge in [0.2, 0.25) is 5.91 Å². The molecule has 3 N–H and O–H groups in total. The van der Waals surface area contributed by atoms with Gasteiger partial charge in [-0.05, 0) is 66.8 Å². The molecule has 35 heavy (non-hydrogen) atoms. The molecule has 192 valence electrons. The number of carbonyl (C=O) groups is 1. The number of hydrogen-bond acceptors (Lipinski definition) is 3. The Bertz CT molecular complexity index is 953. The molecule has 1 aliphatic rings. The second kappa shape index (κ2) is 12.6. The Hall–Kier alpha value is -2.31. The molecule has 0 aliphatic heterocycles. The van der Waals surface area contributed by atoms with Crippen LogP contribution in [0.15, 0.2) is 42.5 Å². The van der Waals surface area contributed by atoms with Gasteiger partial charge in [0.1, 0.15) is 11.6 Å². The smallest absolute Gasteiger partial charge is 0.217 e. The van der Waals surface area contributed by atoms with Gasteiger partial charge in [0.25, 0.3) is 0 Å². The summed E-state index contributed by atoms with van der Waals surface area (Å²) in [7, 11) is 0. The molecule has 1 amide bonds. The van der Waals surface area contributed by atoms with Gasteiger partial charge in [0.05, 0.1) is 12.1 Å². The third-order valence-electron chi connectivity index (χ3n) is 7.08. The van der Waals surface area contributed by atoms with E-state index in [0.29, 0.717) is 11.5 Å². The van der Waals surface area contributed by atoms with Gasteiger partial charge in [0.15, 0.2) is 0 Å². The largest absolute Gasteiger partial charge is 0.390 e. The first-order valence-electron chi connectivity index (χ1n) is 12.9. The van der Waals surface area contributed by atoms with Crippen molar-refractivity contribution in [3.8, 4) is 0 Å². The van der Waals surface area contributed by atoms with E-state index in [1.165, 1.54) is 36.6 Å². The summed E-state index contributed by atoms with van der Waals surface area (Å²) in [4.78, 5) is 11.8. The van der Waals surface area contributed by atoms with Crippen LogP contribution in [0.2, 0.25) is 0 Å². The summed E-state index contributed by atoms with van der Waals surface area (Å²) in [6, 6.07) is 11.4. The Balaban J connectivity index is 1.76. The highest BCUT2D eigenvalue weighted by Gasteiger charge is 2.35. The molecule has 0 saturated heterocycles. The summed E-state index contributed by atoms with van der Waals surface area (Å²) in [5.74, 6) is -0.996. The van der Waals surface area contributed by atoms with Crippen LogP contribution in [0.5, 0.6) is 0 Å². The molecule has 2 aromatic rings. The maximum atomic E-state index is 13.7. The van der Waals surface area contributed by atoms with E-state index in [1.807, 2.05) is 0 Å². The van der Waals surface area contributed by atoms with E-state index in [4.69, 9.17) is 0 Å². The van der Waals surface area contributed by atoms with Crippen molar-refractivity contribution in [3.05, 3.63) is 70.8 Å². The Morgan fingerprint density at radius 1 is 1.03 bits per heavy atom. The van der Waals surface area contributed by atoms with E-state index in [0.717, 1.165) is 44.6 Å². The van der Waals surface area contributed by atoms with Gasteiger partial charge in [-0.2, -0.15) is 0 Å². The molecule has 1 aliphatic carbocycles. The zero-order valence-corrected chi connectivity index (χ0v) is 21.2. The van der Waals surface area contributed by atoms with E-state index in [-0.39, 0.29) is 24.4 Å². The molecule has 2 atom stereocenters. The van der Waals surface area contributed by atoms with E-state index in [2.05, 4.69) is 48.7 Å². The van der Waals surface area contributed by atoms with Crippen LogP contribution in [-0.2, 0) is 23.2 Å². The van der Waals surface area contributed by atoms with Crippen molar-refractivity contribution in [1.29, 1.82) is 0 Å². The van der Waals surface area contributed by atoms with Gasteiger partial charge < -0.3 is 15.7 Å². The molecule has 0 spiro atoms. The molecular weight excluding hydrogens is 446 g/mol. The highest BCUT2D eigenvalue weighted by Crippen LogP contribution is 2.37. The van der Waals surface area contributed by atoms with E-state index >= 15 is 0 Å². The summed E-state index contributed by atoms with van der Waals surface area (Å²) >= 11 is 0. The Morgan fingerprint density at radius 2 is 1.71 bits per heavy atom. The van der Waals surface area contributed by atoms with Crippen molar-refractivity contribution in [1.82, 2.24) is 10.6 Å². The normalized spacial score (nSPS) is 17.2. The molecule has 4 nitrogen and oxygen atoms in total. The first-order chi connectivity index (χ1) is 16.7. The van der Waals surface area contributed by atoms with Crippen LogP contribution in [0.4, 0.5) is 8.78 Å². The quantitative estimate of drug-likeness (QED) is 0.398. The van der Waals surface area contributed by atoms with Crippen molar-refractivity contribution in [2.24, 2.45) is 5.92 Å². The zero-order chi connectivity index (χ0) is 25.4. The number of benzene rings is 2. The second-order valence-electron chi connectivity index (χ2n) is 10.5. The lowest BCUT2D eigenvalue weighted by atomic mass is 9.76. The van der Waals surface area contributed by atoms with Crippen molar-refractivity contribution in [2.45, 2.75) is 89.8 Å². The number of aliphatic hydroxyl groups is 1. The monoisotopic (exact) mass is 486 g/mol. The molecule has 3 rings (SSSR count). The fourth-order valence-corrected chi connectivity index (χ4v) is 5.17. The predicted octanol–water partition coefficient (Wildman–Crippen LogP) is 5.41. The molecule has 6 heteroatoms. The molecule has 2 unspecified atom stereocenters. The number of carbonyl (C=O) groups excluding carboxylic acids is 1. The molecule has 0 radical (unpaired) electrons. The van der Waals surface area contributed by atoms with Crippen molar-refractivity contribution in [2.75, 3.05) is 6.54 Å². The van der Waals surface area contributed by atoms with Crippen molar-refractivity contribution in [3.63, 3.8) is 0 Å². The van der Waals surface area contributed by atoms with Gasteiger partial charge in [-0.15, -0.1) is 0 Å². The van der Waals surface area contributed by atoms with Crippen molar-refractivity contribution >= 4 is 5.91 Å². The van der Waals surface area contributed by atoms with E-state index in [9.17, 15) is 18.7 Å². The molecule has 0 bridgehead atoms. The van der Waals surface area contributed by atoms with Crippen LogP contribution in [0.1, 0.15) is 76.0 Å². The average Bonchev–Trinajstić information content (AvgIpc) is 2.80. The highest BCUT2D eigenvalue weighted by molar-refractivity contribution is 5.73. The van der Waals surface area contributed by atoms with Gasteiger partial charge in [0, 0.05) is 25.1 Å². The second-order valence-corrected chi connectivity index (χ2v) is 10.5. The molecule has 0 heterocycles. The number of nitrogens with one attached hydrogen (secondary N) is 2. The van der Waals surface area contributed by atoms with Crippen LogP contribution in [0.25, 0.3) is 0 Å². The third kappa shape index (κ3) is 8.11. The number of aryl methyl sites for hydroxylation is 1. The zero-order valence-electron chi connectivity index (χ0n) is 21.2. The van der Waals surface area contributed by atoms with Gasteiger partial charge >= 0.3 is 0 Å². The minimum atomic E-state index is -0.923. The van der Waals surface area contributed by atoms with Crippen LogP contribution < -0.4 is 10.6 Å². The molecule has 0 aromatic heterocycles. The summed E-state index contributed by atoms with van der Waals surface area (Å²) in [6.45, 7) is 6.11. The standard InChI is InChI=1S/C29H40F2N2O2/c1-20(2)10-11-22-8-7-9-24(14-22)29(12-5-4-6-13-29)32-19-28(35)27(33-21(3)34)17-23-15-25(30)18-26(31)16-23/h7-9,14-16,18,20,27-28,32,35H,4-6,10-13,17,19H2,1-3H3,(H,33,34). The number of halogens is 2. The lowest BCUT2D eigenvalue weighted by molar-refractivity contribution is -0.120. The Labute approximate surface area is 208 Å². The van der Waals surface area contributed by atoms with Crippen LogP contribution in [0, 0.1) is 17.6 Å². The fraction of sp³-hybridized carbons (Fsp3) is 0.552. The van der Waals surface area contributed by atoms with Gasteiger partial charge in [-0.1, -0.05) is 57.4 Å². The maximum absolute atomic E-state index is 13.7. The topological polar surface area (TPSA) is 61.4 Å². The maximum Gasteiger partial charge on any atom is 0.217 e. The number of aliphatic hydroxyl groups excluding tert-OH is 1. The average molecular weight is 487 g/mol. The van der Waals surface area contributed by atoms with Gasteiger partial charge in [-0.25, -0.2) is 8.78 Å². The number of amides is 1. The number of hydrogen-bond donors (Lipinski definition) is 3. The van der Waals surface area contributed by atoms with E-state index < -0.39 is 23.8 Å². The summed E-state index contributed by atoms with van der Waals surface area (Å²) in [5.41, 5.74) is 2.73. The Kier molecular flexibility index (Phi) is 9.81. The molecular formula is C29H40F2N2O2. The van der Waals surface area contributed by atoms with E-state index in [1.54, 1.807) is 0 Å². The minimum Gasteiger partial charge on any atom is -0.390 e. The lowest BCUT2D eigenvalue weighted by Crippen LogP contribution is -2.53. The van der Waals surface area contributed by atoms with Gasteiger partial charge in [-0.3, -0.25) is 4.79 Å². The van der Waals surface area contributed by atoms with Crippen LogP contribution in [0.3, 0.4) is 0 Å². The Morgan fingerprint density at radius 3 is 2.34 bits per heavy atom. The summed E-state index contributed by atoms with van der Waals surface area (Å²) in [6.07, 6.45) is 6.76. The fourth-order valence-electron chi connectivity index (χ4n) is 5.17. The first kappa shape index (κ1) is 27.3.